The van der Waals surface area contributed by atoms with Gasteiger partial charge >= 0.3 is 0 Å². The van der Waals surface area contributed by atoms with Gasteiger partial charge in [0.25, 0.3) is 0 Å². The van der Waals surface area contributed by atoms with Crippen LogP contribution in [0.5, 0.6) is 0 Å². The molecule has 4 rings (SSSR count). The molecule has 0 N–H and O–H groups in total. The molecule has 30 heavy (non-hydrogen) atoms. The molecule has 0 radical (unpaired) electrons. The third kappa shape index (κ3) is 4.94. The zero-order chi connectivity index (χ0) is 19.9. The predicted molar refractivity (Wildman–Crippen MR) is 132 cm³/mol. The van der Waals surface area contributed by atoms with Crippen molar-refractivity contribution in [3.63, 3.8) is 0 Å². The zero-order valence-corrected chi connectivity index (χ0v) is 20.9. The van der Waals surface area contributed by atoms with Crippen molar-refractivity contribution in [2.24, 2.45) is 0 Å². The second kappa shape index (κ2) is 11.0. The van der Waals surface area contributed by atoms with Gasteiger partial charge in [-0.05, 0) is 60.9 Å². The van der Waals surface area contributed by atoms with Crippen molar-refractivity contribution < 1.29 is 17.0 Å². The molecule has 0 aromatic heterocycles. The number of benzene rings is 4. The Hall–Kier alpha value is -1.73. The highest BCUT2D eigenvalue weighted by Crippen LogP contribution is 2.55. The first kappa shape index (κ1) is 22.9. The maximum Gasteiger partial charge on any atom is 0.112 e. The van der Waals surface area contributed by atoms with Gasteiger partial charge < -0.3 is 17.0 Å². The van der Waals surface area contributed by atoms with Gasteiger partial charge in [0.05, 0.1) is 6.16 Å². The number of hydrogen-bond donors (Lipinski definition) is 0. The van der Waals surface area contributed by atoms with E-state index in [1.807, 2.05) is 0 Å². The molecule has 0 saturated heterocycles. The summed E-state index contributed by atoms with van der Waals surface area (Å²) in [6, 6.07) is 42.0. The van der Waals surface area contributed by atoms with Gasteiger partial charge in [-0.1, -0.05) is 88.7 Å². The first-order valence-corrected chi connectivity index (χ1v) is 12.9. The number of halogens is 2. The fraction of sp³-hybridized carbons (Fsp3) is 0.111. The Balaban J connectivity index is 0.00000256. The molecule has 0 aliphatic rings. The maximum absolute atomic E-state index is 3.72. The third-order valence-corrected chi connectivity index (χ3v) is 10.8. The van der Waals surface area contributed by atoms with E-state index in [0.29, 0.717) is 0 Å². The highest BCUT2D eigenvalue weighted by atomic mass is 79.9. The van der Waals surface area contributed by atoms with Crippen LogP contribution >= 0.6 is 23.2 Å². The average Bonchev–Trinajstić information content (AvgIpc) is 2.80. The summed E-state index contributed by atoms with van der Waals surface area (Å²) < 4.78 is 1.21. The van der Waals surface area contributed by atoms with Gasteiger partial charge in [-0.15, -0.1) is 0 Å². The Kier molecular flexibility index (Phi) is 8.45. The fourth-order valence-corrected chi connectivity index (χ4v) is 8.92. The van der Waals surface area contributed by atoms with Crippen LogP contribution in [0.4, 0.5) is 0 Å². The van der Waals surface area contributed by atoms with E-state index in [9.17, 15) is 0 Å². The normalized spacial score (nSPS) is 11.0. The SMILES string of the molecule is Brc1ccccc1CCC[P+](c1ccccc1)(c1ccccc1)c1ccccc1.[Br-]. The second-order valence-corrected chi connectivity index (χ2v) is 11.7. The molecule has 0 aliphatic carbocycles. The molecule has 0 amide bonds. The van der Waals surface area contributed by atoms with E-state index in [-0.39, 0.29) is 17.0 Å². The van der Waals surface area contributed by atoms with Crippen molar-refractivity contribution in [3.05, 3.63) is 125 Å². The van der Waals surface area contributed by atoms with Crippen LogP contribution in [0.25, 0.3) is 0 Å². The molecule has 4 aromatic carbocycles. The van der Waals surface area contributed by atoms with Crippen LogP contribution in [0, 0.1) is 0 Å². The Morgan fingerprint density at radius 1 is 0.533 bits per heavy atom. The van der Waals surface area contributed by atoms with E-state index < -0.39 is 7.26 Å². The lowest BCUT2D eigenvalue weighted by Crippen LogP contribution is -3.00. The summed E-state index contributed by atoms with van der Waals surface area (Å²) in [5.41, 5.74) is 1.39. The van der Waals surface area contributed by atoms with E-state index in [2.05, 4.69) is 131 Å². The summed E-state index contributed by atoms with van der Waals surface area (Å²) in [4.78, 5) is 0. The first-order valence-electron chi connectivity index (χ1n) is 10.1. The number of hydrogen-bond acceptors (Lipinski definition) is 0. The van der Waals surface area contributed by atoms with Gasteiger partial charge in [0.1, 0.15) is 23.2 Å². The molecule has 0 heterocycles. The minimum atomic E-state index is -1.72. The lowest BCUT2D eigenvalue weighted by molar-refractivity contribution is -0.00000551. The third-order valence-electron chi connectivity index (χ3n) is 5.49. The summed E-state index contributed by atoms with van der Waals surface area (Å²) in [6.45, 7) is 0. The van der Waals surface area contributed by atoms with Crippen molar-refractivity contribution in [1.29, 1.82) is 0 Å². The zero-order valence-electron chi connectivity index (χ0n) is 16.8. The minimum absolute atomic E-state index is 0. The maximum atomic E-state index is 3.72. The van der Waals surface area contributed by atoms with Crippen molar-refractivity contribution in [2.75, 3.05) is 6.16 Å². The van der Waals surface area contributed by atoms with Gasteiger partial charge in [-0.3, -0.25) is 0 Å². The lowest BCUT2D eigenvalue weighted by atomic mass is 10.1. The van der Waals surface area contributed by atoms with Crippen LogP contribution in [0.1, 0.15) is 12.0 Å². The van der Waals surface area contributed by atoms with Gasteiger partial charge in [-0.2, -0.15) is 0 Å². The molecule has 0 aliphatic heterocycles. The van der Waals surface area contributed by atoms with Crippen molar-refractivity contribution in [1.82, 2.24) is 0 Å². The van der Waals surface area contributed by atoms with Crippen LogP contribution in [0.15, 0.2) is 120 Å². The summed E-state index contributed by atoms with van der Waals surface area (Å²) >= 11 is 3.72. The smallest absolute Gasteiger partial charge is 0.112 e. The molecule has 0 spiro atoms. The van der Waals surface area contributed by atoms with E-state index in [4.69, 9.17) is 0 Å². The Morgan fingerprint density at radius 3 is 1.37 bits per heavy atom. The highest BCUT2D eigenvalue weighted by molar-refractivity contribution is 9.10. The largest absolute Gasteiger partial charge is 1.00 e. The van der Waals surface area contributed by atoms with Crippen molar-refractivity contribution >= 4 is 39.1 Å². The molecule has 0 unspecified atom stereocenters. The van der Waals surface area contributed by atoms with Gasteiger partial charge in [-0.25, -0.2) is 0 Å². The monoisotopic (exact) mass is 538 g/mol. The van der Waals surface area contributed by atoms with Crippen LogP contribution in [0.3, 0.4) is 0 Å². The Labute approximate surface area is 199 Å². The quantitative estimate of drug-likeness (QED) is 0.316. The number of rotatable bonds is 7. The molecule has 0 fully saturated rings. The number of aryl methyl sites for hydroxylation is 1. The van der Waals surface area contributed by atoms with E-state index in [1.165, 1.54) is 25.9 Å². The average molecular weight is 540 g/mol. The van der Waals surface area contributed by atoms with Gasteiger partial charge in [0.2, 0.25) is 0 Å². The second-order valence-electron chi connectivity index (χ2n) is 7.23. The summed E-state index contributed by atoms with van der Waals surface area (Å²) in [7, 11) is -1.72. The standard InChI is InChI=1S/C27H25BrP.BrH/c28-27-21-11-10-13-23(27)14-12-22-29(24-15-4-1-5-16-24,25-17-6-2-7-18-25)26-19-8-3-9-20-26;/h1-11,13,15-21H,12,14,22H2;1H/q+1;/p-1. The molecular weight excluding hydrogens is 515 g/mol. The molecule has 152 valence electrons. The highest BCUT2D eigenvalue weighted by Gasteiger charge is 2.44. The van der Waals surface area contributed by atoms with Crippen LogP contribution in [0.2, 0.25) is 0 Å². The fourth-order valence-electron chi connectivity index (χ4n) is 4.09. The van der Waals surface area contributed by atoms with E-state index in [1.54, 1.807) is 0 Å². The summed E-state index contributed by atoms with van der Waals surface area (Å²) in [5, 5.41) is 4.39. The lowest BCUT2D eigenvalue weighted by Gasteiger charge is -2.27. The molecule has 0 nitrogen and oxygen atoms in total. The first-order chi connectivity index (χ1) is 14.3. The Bertz CT molecular complexity index is 937. The minimum Gasteiger partial charge on any atom is -1.00 e. The van der Waals surface area contributed by atoms with E-state index in [0.717, 1.165) is 19.0 Å². The Morgan fingerprint density at radius 2 is 0.933 bits per heavy atom. The van der Waals surface area contributed by atoms with Crippen LogP contribution in [-0.4, -0.2) is 6.16 Å². The molecule has 3 heteroatoms. The van der Waals surface area contributed by atoms with Crippen molar-refractivity contribution in [3.8, 4) is 0 Å². The van der Waals surface area contributed by atoms with Crippen LogP contribution < -0.4 is 32.9 Å². The molecular formula is C27H25Br2P. The molecule has 4 aromatic rings. The van der Waals surface area contributed by atoms with Crippen molar-refractivity contribution in [2.45, 2.75) is 12.8 Å². The van der Waals surface area contributed by atoms with E-state index >= 15 is 0 Å². The molecule has 0 saturated carbocycles. The van der Waals surface area contributed by atoms with Gasteiger partial charge in [0.15, 0.2) is 0 Å². The van der Waals surface area contributed by atoms with Crippen LogP contribution in [-0.2, 0) is 6.42 Å². The van der Waals surface area contributed by atoms with Gasteiger partial charge in [0, 0.05) is 4.47 Å². The summed E-state index contributed by atoms with van der Waals surface area (Å²) in [5.74, 6) is 0. The molecule has 0 atom stereocenters. The molecule has 0 bridgehead atoms. The topological polar surface area (TPSA) is 0 Å². The summed E-state index contributed by atoms with van der Waals surface area (Å²) in [6.07, 6.45) is 3.39. The predicted octanol–water partition coefficient (Wildman–Crippen LogP) is 3.38.